The molecule has 0 atom stereocenters. The normalized spacial score (nSPS) is 10.1. The van der Waals surface area contributed by atoms with E-state index in [0.717, 1.165) is 0 Å². The number of hydrogen-bond donors (Lipinski definition) is 1. The number of hydrogen-bond acceptors (Lipinski definition) is 11. The second kappa shape index (κ2) is 24.8. The summed E-state index contributed by atoms with van der Waals surface area (Å²) in [5.74, 6) is -4.24. The summed E-state index contributed by atoms with van der Waals surface area (Å²) in [7, 11) is 0. The van der Waals surface area contributed by atoms with Crippen LogP contribution < -0.4 is 5.73 Å². The van der Waals surface area contributed by atoms with Crippen molar-refractivity contribution in [2.24, 2.45) is 5.73 Å². The van der Waals surface area contributed by atoms with E-state index in [9.17, 15) is 37.1 Å². The van der Waals surface area contributed by atoms with Gasteiger partial charge in [-0.15, -0.1) is 0 Å². The third-order valence-electron chi connectivity index (χ3n) is 7.17. The second-order valence-corrected chi connectivity index (χ2v) is 14.3. The molecule has 2 N–H and O–H groups in total. The molecule has 316 valence electrons. The smallest absolute Gasteiger partial charge is 0.375 e. The van der Waals surface area contributed by atoms with E-state index >= 15 is 0 Å². The molecule has 0 aliphatic heterocycles. The zero-order valence-electron chi connectivity index (χ0n) is 32.8. The van der Waals surface area contributed by atoms with E-state index < -0.39 is 35.3 Å². The van der Waals surface area contributed by atoms with Gasteiger partial charge in [-0.25, -0.2) is 36.9 Å². The molecule has 13 nitrogen and oxygen atoms in total. The van der Waals surface area contributed by atoms with Crippen molar-refractivity contribution in [2.45, 2.75) is 54.5 Å². The van der Waals surface area contributed by atoms with Crippen LogP contribution in [-0.2, 0) is 35.1 Å². The van der Waals surface area contributed by atoms with Crippen LogP contribution in [0.25, 0.3) is 11.4 Å². The Labute approximate surface area is 363 Å². The number of carbonyl (C=O) groups is 5. The molecule has 5 rings (SSSR count). The molecule has 0 radical (unpaired) electrons. The molecule has 0 aliphatic carbocycles. The summed E-state index contributed by atoms with van der Waals surface area (Å²) in [6.45, 7) is 10.7. The highest BCUT2D eigenvalue weighted by atomic mass is 79.9. The fourth-order valence-corrected chi connectivity index (χ4v) is 5.70. The molecule has 0 fully saturated rings. The molecule has 0 saturated heterocycles. The maximum Gasteiger partial charge on any atom is 0.375 e. The first-order valence-electron chi connectivity index (χ1n) is 17.6. The van der Waals surface area contributed by atoms with E-state index in [1.165, 1.54) is 16.3 Å². The Morgan fingerprint density at radius 1 is 0.678 bits per heavy atom. The number of benzene rings is 3. The quantitative estimate of drug-likeness (QED) is 0.0580. The van der Waals surface area contributed by atoms with Gasteiger partial charge in [0.25, 0.3) is 0 Å². The van der Waals surface area contributed by atoms with Crippen molar-refractivity contribution in [1.29, 1.82) is 0 Å². The van der Waals surface area contributed by atoms with Gasteiger partial charge in [-0.3, -0.25) is 9.59 Å². The van der Waals surface area contributed by atoms with Gasteiger partial charge >= 0.3 is 17.9 Å². The highest BCUT2D eigenvalue weighted by Crippen LogP contribution is 2.25. The van der Waals surface area contributed by atoms with Crippen molar-refractivity contribution in [1.82, 2.24) is 19.6 Å². The average Bonchev–Trinajstić information content (AvgIpc) is 3.78. The summed E-state index contributed by atoms with van der Waals surface area (Å²) in [4.78, 5) is 55.0. The summed E-state index contributed by atoms with van der Waals surface area (Å²) in [6.07, 6.45) is -0.362. The Bertz CT molecular complexity index is 2270. The van der Waals surface area contributed by atoms with E-state index in [1.54, 1.807) is 101 Å². The highest BCUT2D eigenvalue weighted by Gasteiger charge is 2.20. The topological polar surface area (TPSA) is 175 Å². The van der Waals surface area contributed by atoms with Crippen molar-refractivity contribution in [2.75, 3.05) is 19.8 Å². The fourth-order valence-electron chi connectivity index (χ4n) is 4.58. The first-order valence-corrected chi connectivity index (χ1v) is 20.0. The van der Waals surface area contributed by atoms with Gasteiger partial charge in [0.1, 0.15) is 23.0 Å². The van der Waals surface area contributed by atoms with Crippen LogP contribution in [0.5, 0.6) is 0 Å². The Hall–Kier alpha value is -4.98. The average molecular weight is 1020 g/mol. The van der Waals surface area contributed by atoms with Crippen molar-refractivity contribution < 1.29 is 51.4 Å². The number of halogens is 6. The number of aryl methyl sites for hydroxylation is 2. The largest absolute Gasteiger partial charge is 0.461 e. The molecule has 0 aliphatic rings. The summed E-state index contributed by atoms with van der Waals surface area (Å²) >= 11 is 9.29. The maximum atomic E-state index is 14.1. The zero-order valence-corrected chi connectivity index (χ0v) is 37.5. The summed E-state index contributed by atoms with van der Waals surface area (Å²) in [5.41, 5.74) is 7.91. The van der Waals surface area contributed by atoms with Crippen LogP contribution in [0.4, 0.5) is 13.2 Å². The zero-order chi connectivity index (χ0) is 44.4. The molecule has 3 aromatic carbocycles. The minimum Gasteiger partial charge on any atom is -0.461 e. The lowest BCUT2D eigenvalue weighted by atomic mass is 10.2. The fraction of sp³-hybridized carbons (Fsp3) is 0.275. The van der Waals surface area contributed by atoms with E-state index in [2.05, 4.69) is 62.7 Å². The molecule has 0 bridgehead atoms. The van der Waals surface area contributed by atoms with Crippen LogP contribution >= 0.6 is 47.8 Å². The first-order chi connectivity index (χ1) is 27.9. The maximum absolute atomic E-state index is 14.1. The lowest BCUT2D eigenvalue weighted by molar-refractivity contribution is -0.154. The van der Waals surface area contributed by atoms with Gasteiger partial charge in [0, 0.05) is 17.8 Å². The SMILES string of the molecule is CCOC(=O)C(=O)CC(C)=O.CCOC(=O)c1cc(C)n(-c2cccc(Br)c2F)n1.CCOC(=O)c1cc(C)nn1-c1cccc(Br)c1F.NCc1cccc(Br)c1F. The summed E-state index contributed by atoms with van der Waals surface area (Å²) < 4.78 is 58.9. The number of carbonyl (C=O) groups excluding carboxylic acids is 5. The van der Waals surface area contributed by atoms with Crippen molar-refractivity contribution >= 4 is 77.3 Å². The Kier molecular flexibility index (Phi) is 21.1. The number of ketones is 2. The van der Waals surface area contributed by atoms with Crippen LogP contribution in [-0.4, -0.2) is 68.9 Å². The summed E-state index contributed by atoms with van der Waals surface area (Å²) in [6, 6.07) is 17.9. The van der Waals surface area contributed by atoms with E-state index in [-0.39, 0.29) is 67.1 Å². The minimum absolute atomic E-state index is 0.155. The van der Waals surface area contributed by atoms with Crippen molar-refractivity contribution in [3.63, 3.8) is 0 Å². The number of rotatable bonds is 11. The number of aromatic nitrogens is 4. The number of nitrogens with two attached hydrogens (primary N) is 1. The molecule has 19 heteroatoms. The summed E-state index contributed by atoms with van der Waals surface area (Å²) in [5, 5.41) is 8.22. The molecule has 0 amide bonds. The van der Waals surface area contributed by atoms with Gasteiger partial charge in [0.05, 0.1) is 45.4 Å². The lowest BCUT2D eigenvalue weighted by Gasteiger charge is -2.08. The van der Waals surface area contributed by atoms with E-state index in [1.807, 2.05) is 0 Å². The highest BCUT2D eigenvalue weighted by molar-refractivity contribution is 9.11. The second-order valence-electron chi connectivity index (χ2n) is 11.7. The standard InChI is InChI=1S/2C13H12BrFN2O2.C7H7BrFN.C7H10O4/c1-3-19-13(18)10-7-8(2)17(16-10)11-6-4-5-9(14)12(11)15;1-3-19-13(18)11-7-8(2)16-17(11)10-6-4-5-9(14)12(10)15;8-6-3-1-2-5(4-10)7(6)9;1-3-11-7(10)6(9)4-5(2)8/h2*4-7H,3H2,1-2H3;1-3H,4,10H2;3-4H2,1-2H3. The first kappa shape index (κ1) is 50.2. The Morgan fingerprint density at radius 3 is 1.66 bits per heavy atom. The van der Waals surface area contributed by atoms with Gasteiger partial charge in [0.2, 0.25) is 5.78 Å². The monoisotopic (exact) mass is 1010 g/mol. The predicted molar refractivity (Wildman–Crippen MR) is 223 cm³/mol. The van der Waals surface area contributed by atoms with Crippen LogP contribution in [0.2, 0.25) is 0 Å². The number of esters is 3. The van der Waals surface area contributed by atoms with Gasteiger partial charge in [-0.05, 0) is 132 Å². The molecule has 2 heterocycles. The predicted octanol–water partition coefficient (Wildman–Crippen LogP) is 8.66. The number of Topliss-reactive ketones (excluding diaryl/α,β-unsaturated/α-hetero) is 2. The van der Waals surface area contributed by atoms with Crippen molar-refractivity contribution in [3.8, 4) is 11.4 Å². The molecular formula is C40H41Br3F3N5O8. The van der Waals surface area contributed by atoms with Crippen LogP contribution in [0.1, 0.15) is 72.0 Å². The van der Waals surface area contributed by atoms with Crippen LogP contribution in [0.15, 0.2) is 80.1 Å². The molecule has 59 heavy (non-hydrogen) atoms. The number of nitrogens with zero attached hydrogens (tertiary/aromatic N) is 4. The van der Waals surface area contributed by atoms with Crippen LogP contribution in [0, 0.1) is 31.3 Å². The van der Waals surface area contributed by atoms with E-state index in [4.69, 9.17) is 15.2 Å². The minimum atomic E-state index is -0.928. The van der Waals surface area contributed by atoms with Crippen LogP contribution in [0.3, 0.4) is 0 Å². The van der Waals surface area contributed by atoms with Gasteiger partial charge in [0.15, 0.2) is 23.0 Å². The van der Waals surface area contributed by atoms with Gasteiger partial charge in [-0.2, -0.15) is 10.2 Å². The third-order valence-corrected chi connectivity index (χ3v) is 9.01. The number of ether oxygens (including phenoxy) is 3. The molecular weight excluding hydrogens is 975 g/mol. The van der Waals surface area contributed by atoms with E-state index in [0.29, 0.717) is 30.4 Å². The molecule has 0 saturated carbocycles. The third kappa shape index (κ3) is 15.0. The molecule has 0 unspecified atom stereocenters. The van der Waals surface area contributed by atoms with Gasteiger partial charge in [-0.1, -0.05) is 24.3 Å². The molecule has 2 aromatic heterocycles. The Balaban J connectivity index is 0.000000282. The molecule has 0 spiro atoms. The van der Waals surface area contributed by atoms with Gasteiger partial charge < -0.3 is 19.9 Å². The van der Waals surface area contributed by atoms with Crippen molar-refractivity contribution in [3.05, 3.63) is 126 Å². The molecule has 5 aromatic rings. The Morgan fingerprint density at radius 2 is 1.17 bits per heavy atom. The lowest BCUT2D eigenvalue weighted by Crippen LogP contribution is -2.19.